The largest absolute Gasteiger partial charge is 0.367 e. The fourth-order valence-corrected chi connectivity index (χ4v) is 3.16. The average molecular weight is 347 g/mol. The molecule has 21 heavy (non-hydrogen) atoms. The summed E-state index contributed by atoms with van der Waals surface area (Å²) in [5.74, 6) is 0.926. The molecule has 0 saturated carbocycles. The standard InChI is InChI=1S/C16H19BrN4/c17-14-3-1-2-13(10-14)11-21-8-5-15(6-9-21)20-16-4-7-18-12-19-16/h1-4,7,10,12,15H,5-6,8-9,11H2,(H,18,19,20). The maximum absolute atomic E-state index is 4.23. The third-order valence-electron chi connectivity index (χ3n) is 3.82. The third kappa shape index (κ3) is 4.25. The van der Waals surface area contributed by atoms with E-state index in [2.05, 4.69) is 60.4 Å². The molecule has 4 nitrogen and oxygen atoms in total. The van der Waals surface area contributed by atoms with E-state index in [0.29, 0.717) is 6.04 Å². The minimum absolute atomic E-state index is 0.513. The van der Waals surface area contributed by atoms with Crippen LogP contribution >= 0.6 is 15.9 Å². The molecule has 5 heteroatoms. The number of piperidine rings is 1. The highest BCUT2D eigenvalue weighted by Gasteiger charge is 2.19. The summed E-state index contributed by atoms with van der Waals surface area (Å²) >= 11 is 3.53. The van der Waals surface area contributed by atoms with Gasteiger partial charge in [-0.1, -0.05) is 28.1 Å². The highest BCUT2D eigenvalue weighted by molar-refractivity contribution is 9.10. The zero-order valence-corrected chi connectivity index (χ0v) is 13.5. The van der Waals surface area contributed by atoms with Gasteiger partial charge in [-0.3, -0.25) is 4.90 Å². The van der Waals surface area contributed by atoms with Crippen LogP contribution in [0.25, 0.3) is 0 Å². The monoisotopic (exact) mass is 346 g/mol. The second-order valence-electron chi connectivity index (χ2n) is 5.42. The van der Waals surface area contributed by atoms with Crippen molar-refractivity contribution in [2.45, 2.75) is 25.4 Å². The van der Waals surface area contributed by atoms with Crippen molar-refractivity contribution >= 4 is 21.7 Å². The van der Waals surface area contributed by atoms with Crippen LogP contribution in [0, 0.1) is 0 Å². The molecular weight excluding hydrogens is 328 g/mol. The molecule has 0 amide bonds. The number of anilines is 1. The predicted molar refractivity (Wildman–Crippen MR) is 88.1 cm³/mol. The summed E-state index contributed by atoms with van der Waals surface area (Å²) in [5, 5.41) is 3.49. The molecule has 0 unspecified atom stereocenters. The third-order valence-corrected chi connectivity index (χ3v) is 4.31. The molecule has 1 aromatic heterocycles. The number of halogens is 1. The molecule has 0 atom stereocenters. The number of benzene rings is 1. The number of nitrogens with one attached hydrogen (secondary N) is 1. The molecule has 1 aromatic carbocycles. The minimum Gasteiger partial charge on any atom is -0.367 e. The van der Waals surface area contributed by atoms with E-state index < -0.39 is 0 Å². The topological polar surface area (TPSA) is 41.0 Å². The SMILES string of the molecule is Brc1cccc(CN2CCC(Nc3ccncn3)CC2)c1. The maximum atomic E-state index is 4.23. The lowest BCUT2D eigenvalue weighted by molar-refractivity contribution is 0.211. The molecule has 1 saturated heterocycles. The second-order valence-corrected chi connectivity index (χ2v) is 6.33. The molecule has 2 heterocycles. The van der Waals surface area contributed by atoms with Crippen molar-refractivity contribution in [1.29, 1.82) is 0 Å². The molecule has 2 aromatic rings. The fourth-order valence-electron chi connectivity index (χ4n) is 2.71. The Morgan fingerprint density at radius 1 is 1.24 bits per heavy atom. The van der Waals surface area contributed by atoms with Crippen LogP contribution < -0.4 is 5.32 Å². The van der Waals surface area contributed by atoms with Crippen molar-refractivity contribution in [3.8, 4) is 0 Å². The zero-order chi connectivity index (χ0) is 14.5. The Morgan fingerprint density at radius 3 is 2.81 bits per heavy atom. The maximum Gasteiger partial charge on any atom is 0.129 e. The van der Waals surface area contributed by atoms with Gasteiger partial charge in [0, 0.05) is 36.3 Å². The second kappa shape index (κ2) is 7.00. The average Bonchev–Trinajstić information content (AvgIpc) is 2.50. The fraction of sp³-hybridized carbons (Fsp3) is 0.375. The van der Waals surface area contributed by atoms with Gasteiger partial charge in [0.1, 0.15) is 12.1 Å². The number of rotatable bonds is 4. The summed E-state index contributed by atoms with van der Waals surface area (Å²) in [6.07, 6.45) is 5.67. The summed E-state index contributed by atoms with van der Waals surface area (Å²) in [6.45, 7) is 3.27. The number of aromatic nitrogens is 2. The number of hydrogen-bond acceptors (Lipinski definition) is 4. The minimum atomic E-state index is 0.513. The normalized spacial score (nSPS) is 16.8. The molecule has 0 radical (unpaired) electrons. The molecule has 3 rings (SSSR count). The summed E-state index contributed by atoms with van der Waals surface area (Å²) in [6, 6.07) is 11.0. The van der Waals surface area contributed by atoms with E-state index in [0.717, 1.165) is 42.8 Å². The van der Waals surface area contributed by atoms with E-state index in [1.807, 2.05) is 6.07 Å². The van der Waals surface area contributed by atoms with Gasteiger partial charge in [0.15, 0.2) is 0 Å². The lowest BCUT2D eigenvalue weighted by Crippen LogP contribution is -2.38. The summed E-state index contributed by atoms with van der Waals surface area (Å²) in [7, 11) is 0. The Hall–Kier alpha value is -1.46. The van der Waals surface area contributed by atoms with Crippen molar-refractivity contribution in [3.05, 3.63) is 52.9 Å². The number of likely N-dealkylation sites (tertiary alicyclic amines) is 1. The van der Waals surface area contributed by atoms with Crippen molar-refractivity contribution in [1.82, 2.24) is 14.9 Å². The van der Waals surface area contributed by atoms with Gasteiger partial charge in [0.25, 0.3) is 0 Å². The highest BCUT2D eigenvalue weighted by Crippen LogP contribution is 2.18. The zero-order valence-electron chi connectivity index (χ0n) is 11.9. The van der Waals surface area contributed by atoms with Gasteiger partial charge >= 0.3 is 0 Å². The predicted octanol–water partition coefficient (Wildman–Crippen LogP) is 3.32. The first-order chi connectivity index (χ1) is 10.3. The van der Waals surface area contributed by atoms with Crippen LogP contribution in [0.5, 0.6) is 0 Å². The van der Waals surface area contributed by atoms with Crippen LogP contribution in [0.4, 0.5) is 5.82 Å². The molecule has 0 bridgehead atoms. The Labute approximate surface area is 133 Å². The Balaban J connectivity index is 1.49. The molecule has 110 valence electrons. The van der Waals surface area contributed by atoms with E-state index in [1.54, 1.807) is 12.5 Å². The molecule has 1 N–H and O–H groups in total. The van der Waals surface area contributed by atoms with Gasteiger partial charge < -0.3 is 5.32 Å². The quantitative estimate of drug-likeness (QED) is 0.921. The highest BCUT2D eigenvalue weighted by atomic mass is 79.9. The van der Waals surface area contributed by atoms with Gasteiger partial charge in [0.05, 0.1) is 0 Å². The molecule has 1 aliphatic heterocycles. The first kappa shape index (κ1) is 14.5. The van der Waals surface area contributed by atoms with E-state index in [-0.39, 0.29) is 0 Å². The van der Waals surface area contributed by atoms with Gasteiger partial charge in [0.2, 0.25) is 0 Å². The van der Waals surface area contributed by atoms with E-state index in [1.165, 1.54) is 5.56 Å². The summed E-state index contributed by atoms with van der Waals surface area (Å²) in [4.78, 5) is 10.7. The van der Waals surface area contributed by atoms with Crippen molar-refractivity contribution in [2.75, 3.05) is 18.4 Å². The number of hydrogen-bond donors (Lipinski definition) is 1. The van der Waals surface area contributed by atoms with Crippen molar-refractivity contribution in [2.24, 2.45) is 0 Å². The lowest BCUT2D eigenvalue weighted by Gasteiger charge is -2.32. The molecule has 0 aliphatic carbocycles. The lowest BCUT2D eigenvalue weighted by atomic mass is 10.0. The Bertz CT molecular complexity index is 567. The van der Waals surface area contributed by atoms with Crippen LogP contribution in [-0.4, -0.2) is 34.0 Å². The van der Waals surface area contributed by atoms with Crippen LogP contribution in [0.15, 0.2) is 47.3 Å². The molecule has 0 spiro atoms. The van der Waals surface area contributed by atoms with Crippen molar-refractivity contribution < 1.29 is 0 Å². The van der Waals surface area contributed by atoms with Gasteiger partial charge in [-0.25, -0.2) is 9.97 Å². The van der Waals surface area contributed by atoms with Crippen LogP contribution in [-0.2, 0) is 6.54 Å². The van der Waals surface area contributed by atoms with E-state index in [4.69, 9.17) is 0 Å². The molecular formula is C16H19BrN4. The smallest absolute Gasteiger partial charge is 0.129 e. The number of nitrogens with zero attached hydrogens (tertiary/aromatic N) is 3. The van der Waals surface area contributed by atoms with Gasteiger partial charge in [-0.05, 0) is 36.6 Å². The summed E-state index contributed by atoms with van der Waals surface area (Å²) < 4.78 is 1.15. The first-order valence-electron chi connectivity index (χ1n) is 7.29. The summed E-state index contributed by atoms with van der Waals surface area (Å²) in [5.41, 5.74) is 1.37. The van der Waals surface area contributed by atoms with Crippen LogP contribution in [0.3, 0.4) is 0 Å². The molecule has 1 aliphatic rings. The Kier molecular flexibility index (Phi) is 4.83. The van der Waals surface area contributed by atoms with Gasteiger partial charge in [-0.15, -0.1) is 0 Å². The van der Waals surface area contributed by atoms with E-state index >= 15 is 0 Å². The van der Waals surface area contributed by atoms with Crippen LogP contribution in [0.1, 0.15) is 18.4 Å². The Morgan fingerprint density at radius 2 is 2.10 bits per heavy atom. The van der Waals surface area contributed by atoms with E-state index in [9.17, 15) is 0 Å². The first-order valence-corrected chi connectivity index (χ1v) is 8.08. The van der Waals surface area contributed by atoms with Crippen LogP contribution in [0.2, 0.25) is 0 Å². The van der Waals surface area contributed by atoms with Gasteiger partial charge in [-0.2, -0.15) is 0 Å². The molecule has 1 fully saturated rings. The van der Waals surface area contributed by atoms with Crippen molar-refractivity contribution in [3.63, 3.8) is 0 Å².